The Morgan fingerprint density at radius 2 is 1.94 bits per heavy atom. The molecule has 5 nitrogen and oxygen atoms in total. The van der Waals surface area contributed by atoms with E-state index in [4.69, 9.17) is 16.3 Å². The smallest absolute Gasteiger partial charge is 0.259 e. The van der Waals surface area contributed by atoms with E-state index in [0.717, 1.165) is 6.26 Å². The standard InChI is InChI=1S/C9H10ClNO4S/c1-16(13,14)11-7-2-4-8(5-3-7)15-6-9(10)12/h2-5,11H,6H2,1H3. The molecule has 0 amide bonds. The SMILES string of the molecule is CS(=O)(=O)Nc1ccc(OCC(=O)Cl)cc1. The average Bonchev–Trinajstić information content (AvgIpc) is 2.14. The lowest BCUT2D eigenvalue weighted by Crippen LogP contribution is -2.09. The third-order valence-electron chi connectivity index (χ3n) is 1.51. The molecular formula is C9H10ClNO4S. The van der Waals surface area contributed by atoms with E-state index in [1.54, 1.807) is 0 Å². The van der Waals surface area contributed by atoms with Gasteiger partial charge in [0.15, 0.2) is 6.61 Å². The van der Waals surface area contributed by atoms with Crippen LogP contribution in [0, 0.1) is 0 Å². The van der Waals surface area contributed by atoms with Gasteiger partial charge in [0.1, 0.15) is 5.75 Å². The number of hydrogen-bond donors (Lipinski definition) is 1. The molecule has 0 aliphatic carbocycles. The first-order valence-corrected chi connectivity index (χ1v) is 6.53. The van der Waals surface area contributed by atoms with Crippen molar-refractivity contribution in [2.45, 2.75) is 0 Å². The summed E-state index contributed by atoms with van der Waals surface area (Å²) in [5.74, 6) is 0.438. The predicted octanol–water partition coefficient (Wildman–Crippen LogP) is 1.20. The summed E-state index contributed by atoms with van der Waals surface area (Å²) in [6.07, 6.45) is 1.06. The maximum Gasteiger partial charge on any atom is 0.259 e. The summed E-state index contributed by atoms with van der Waals surface area (Å²) < 4.78 is 29.1. The number of carbonyl (C=O) groups is 1. The maximum atomic E-state index is 10.9. The van der Waals surface area contributed by atoms with Crippen molar-refractivity contribution in [2.75, 3.05) is 17.6 Å². The minimum atomic E-state index is -3.28. The van der Waals surface area contributed by atoms with E-state index in [0.29, 0.717) is 11.4 Å². The zero-order valence-electron chi connectivity index (χ0n) is 8.44. The van der Waals surface area contributed by atoms with Crippen LogP contribution in [-0.2, 0) is 14.8 Å². The third kappa shape index (κ3) is 4.99. The summed E-state index contributed by atoms with van der Waals surface area (Å²) in [6.45, 7) is -0.222. The molecule has 0 aliphatic heterocycles. The Kier molecular flexibility index (Phi) is 4.14. The lowest BCUT2D eigenvalue weighted by atomic mass is 10.3. The Morgan fingerprint density at radius 3 is 2.38 bits per heavy atom. The number of benzene rings is 1. The van der Waals surface area contributed by atoms with Crippen LogP contribution in [0.3, 0.4) is 0 Å². The number of nitrogens with one attached hydrogen (secondary N) is 1. The van der Waals surface area contributed by atoms with Crippen LogP contribution in [0.15, 0.2) is 24.3 Å². The van der Waals surface area contributed by atoms with Crippen LogP contribution >= 0.6 is 11.6 Å². The number of halogens is 1. The van der Waals surface area contributed by atoms with Gasteiger partial charge in [-0.3, -0.25) is 9.52 Å². The second-order valence-corrected chi connectivity index (χ2v) is 5.21. The molecule has 0 spiro atoms. The van der Waals surface area contributed by atoms with E-state index in [1.165, 1.54) is 24.3 Å². The number of sulfonamides is 1. The topological polar surface area (TPSA) is 72.5 Å². The fourth-order valence-electron chi connectivity index (χ4n) is 0.973. The van der Waals surface area contributed by atoms with Crippen LogP contribution in [0.2, 0.25) is 0 Å². The minimum absolute atomic E-state index is 0.222. The van der Waals surface area contributed by atoms with Gasteiger partial charge in [-0.05, 0) is 35.9 Å². The van der Waals surface area contributed by atoms with Crippen LogP contribution in [-0.4, -0.2) is 26.5 Å². The average molecular weight is 264 g/mol. The van der Waals surface area contributed by atoms with Crippen molar-refractivity contribution < 1.29 is 17.9 Å². The summed E-state index contributed by atoms with van der Waals surface area (Å²) in [5, 5.41) is -0.599. The maximum absolute atomic E-state index is 10.9. The molecule has 0 radical (unpaired) electrons. The van der Waals surface area contributed by atoms with Gasteiger partial charge in [-0.15, -0.1) is 0 Å². The Bertz CT molecular complexity index is 469. The molecule has 16 heavy (non-hydrogen) atoms. The van der Waals surface area contributed by atoms with Gasteiger partial charge in [-0.2, -0.15) is 0 Å². The molecule has 0 saturated heterocycles. The summed E-state index contributed by atoms with van der Waals surface area (Å²) in [7, 11) is -3.28. The molecule has 0 unspecified atom stereocenters. The fourth-order valence-corrected chi connectivity index (χ4v) is 1.59. The van der Waals surface area contributed by atoms with Crippen molar-refractivity contribution in [2.24, 2.45) is 0 Å². The van der Waals surface area contributed by atoms with Crippen LogP contribution in [0.4, 0.5) is 5.69 Å². The van der Waals surface area contributed by atoms with Crippen molar-refractivity contribution in [1.82, 2.24) is 0 Å². The van der Waals surface area contributed by atoms with Gasteiger partial charge in [0.2, 0.25) is 10.0 Å². The Hall–Kier alpha value is -1.27. The van der Waals surface area contributed by atoms with Gasteiger partial charge >= 0.3 is 0 Å². The highest BCUT2D eigenvalue weighted by molar-refractivity contribution is 7.92. The first kappa shape index (κ1) is 12.8. The van der Waals surface area contributed by atoms with Crippen molar-refractivity contribution in [1.29, 1.82) is 0 Å². The van der Waals surface area contributed by atoms with Gasteiger partial charge < -0.3 is 4.74 Å². The minimum Gasteiger partial charge on any atom is -0.484 e. The Labute approximate surface area is 98.4 Å². The van der Waals surface area contributed by atoms with Crippen molar-refractivity contribution in [3.05, 3.63) is 24.3 Å². The predicted molar refractivity (Wildman–Crippen MR) is 61.3 cm³/mol. The zero-order valence-corrected chi connectivity index (χ0v) is 10.0. The molecule has 1 aromatic carbocycles. The van der Waals surface area contributed by atoms with E-state index >= 15 is 0 Å². The van der Waals surface area contributed by atoms with Crippen molar-refractivity contribution in [3.8, 4) is 5.75 Å². The van der Waals surface area contributed by atoms with E-state index < -0.39 is 15.3 Å². The third-order valence-corrected chi connectivity index (χ3v) is 2.23. The van der Waals surface area contributed by atoms with E-state index in [1.807, 2.05) is 0 Å². The van der Waals surface area contributed by atoms with Crippen molar-refractivity contribution in [3.63, 3.8) is 0 Å². The van der Waals surface area contributed by atoms with Crippen LogP contribution in [0.25, 0.3) is 0 Å². The molecule has 0 atom stereocenters. The number of anilines is 1. The summed E-state index contributed by atoms with van der Waals surface area (Å²) in [5.41, 5.74) is 0.423. The van der Waals surface area contributed by atoms with E-state index in [-0.39, 0.29) is 6.61 Å². The van der Waals surface area contributed by atoms with Crippen LogP contribution in [0.1, 0.15) is 0 Å². The highest BCUT2D eigenvalue weighted by atomic mass is 35.5. The monoisotopic (exact) mass is 263 g/mol. The molecule has 0 heterocycles. The van der Waals surface area contributed by atoms with E-state index in [2.05, 4.69) is 4.72 Å². The molecule has 0 bridgehead atoms. The molecule has 0 aromatic heterocycles. The summed E-state index contributed by atoms with van der Waals surface area (Å²) in [6, 6.07) is 6.12. The first-order valence-electron chi connectivity index (χ1n) is 4.26. The molecule has 88 valence electrons. The van der Waals surface area contributed by atoms with Crippen molar-refractivity contribution >= 4 is 32.6 Å². The number of carbonyl (C=O) groups excluding carboxylic acids is 1. The Morgan fingerprint density at radius 1 is 1.38 bits per heavy atom. The lowest BCUT2D eigenvalue weighted by molar-refractivity contribution is -0.113. The Balaban J connectivity index is 2.64. The molecule has 7 heteroatoms. The molecule has 1 rings (SSSR count). The first-order chi connectivity index (χ1) is 7.37. The van der Waals surface area contributed by atoms with Crippen LogP contribution in [0.5, 0.6) is 5.75 Å². The molecule has 0 fully saturated rings. The molecule has 1 N–H and O–H groups in total. The highest BCUT2D eigenvalue weighted by Crippen LogP contribution is 2.16. The second kappa shape index (κ2) is 5.18. The summed E-state index contributed by atoms with van der Waals surface area (Å²) in [4.78, 5) is 10.4. The van der Waals surface area contributed by atoms with Crippen LogP contribution < -0.4 is 9.46 Å². The highest BCUT2D eigenvalue weighted by Gasteiger charge is 2.02. The van der Waals surface area contributed by atoms with Gasteiger partial charge in [-0.25, -0.2) is 8.42 Å². The fraction of sp³-hybridized carbons (Fsp3) is 0.222. The number of hydrogen-bond acceptors (Lipinski definition) is 4. The van der Waals surface area contributed by atoms with E-state index in [9.17, 15) is 13.2 Å². The molecule has 0 saturated carbocycles. The normalized spacial score (nSPS) is 10.9. The lowest BCUT2D eigenvalue weighted by Gasteiger charge is -2.06. The number of rotatable bonds is 5. The molecule has 0 aliphatic rings. The quantitative estimate of drug-likeness (QED) is 0.811. The molecule has 1 aromatic rings. The largest absolute Gasteiger partial charge is 0.484 e. The summed E-state index contributed by atoms with van der Waals surface area (Å²) >= 11 is 5.09. The van der Waals surface area contributed by atoms with Gasteiger partial charge in [0, 0.05) is 5.69 Å². The zero-order chi connectivity index (χ0) is 12.2. The van der Waals surface area contributed by atoms with Gasteiger partial charge in [0.05, 0.1) is 6.26 Å². The second-order valence-electron chi connectivity index (χ2n) is 3.04. The number of ether oxygens (including phenoxy) is 1. The van der Waals surface area contributed by atoms with Gasteiger partial charge in [-0.1, -0.05) is 0 Å². The van der Waals surface area contributed by atoms with Gasteiger partial charge in [0.25, 0.3) is 5.24 Å². The molecular weight excluding hydrogens is 254 g/mol.